The van der Waals surface area contributed by atoms with Crippen LogP contribution in [0.1, 0.15) is 18.5 Å². The van der Waals surface area contributed by atoms with Gasteiger partial charge in [0, 0.05) is 0 Å². The Balaban J connectivity index is 2.25. The van der Waals surface area contributed by atoms with E-state index in [-0.39, 0.29) is 5.54 Å². The minimum absolute atomic E-state index is 0.133. The summed E-state index contributed by atoms with van der Waals surface area (Å²) in [5.41, 5.74) is 6.80. The normalized spacial score (nSPS) is 18.8. The summed E-state index contributed by atoms with van der Waals surface area (Å²) < 4.78 is 5.00. The molecule has 0 amide bonds. The summed E-state index contributed by atoms with van der Waals surface area (Å²) in [6.45, 7) is 0. The van der Waals surface area contributed by atoms with E-state index in [2.05, 4.69) is 4.98 Å². The van der Waals surface area contributed by atoms with Crippen LogP contribution in [-0.2, 0) is 5.54 Å². The van der Waals surface area contributed by atoms with Gasteiger partial charge in [-0.05, 0) is 25.0 Å². The van der Waals surface area contributed by atoms with Crippen LogP contribution < -0.4 is 10.5 Å². The number of pyridine rings is 1. The van der Waals surface area contributed by atoms with Crippen molar-refractivity contribution in [2.45, 2.75) is 18.4 Å². The van der Waals surface area contributed by atoms with Crippen LogP contribution in [0.15, 0.2) is 18.3 Å². The van der Waals surface area contributed by atoms with Gasteiger partial charge in [-0.15, -0.1) is 0 Å². The fraction of sp³-hybridized carbons (Fsp3) is 0.444. The molecule has 3 heteroatoms. The van der Waals surface area contributed by atoms with Gasteiger partial charge < -0.3 is 10.5 Å². The highest BCUT2D eigenvalue weighted by atomic mass is 16.5. The summed E-state index contributed by atoms with van der Waals surface area (Å²) in [4.78, 5) is 4.23. The van der Waals surface area contributed by atoms with Crippen molar-refractivity contribution in [2.75, 3.05) is 7.11 Å². The predicted molar refractivity (Wildman–Crippen MR) is 45.9 cm³/mol. The maximum absolute atomic E-state index is 5.96. The van der Waals surface area contributed by atoms with E-state index in [0.29, 0.717) is 0 Å². The van der Waals surface area contributed by atoms with Gasteiger partial charge in [-0.25, -0.2) is 0 Å². The highest BCUT2D eigenvalue weighted by Gasteiger charge is 2.41. The molecule has 1 aromatic rings. The lowest BCUT2D eigenvalue weighted by molar-refractivity contribution is 0.412. The SMILES string of the molecule is COc1ccc(C2(N)CC2)nc1. The second-order valence-corrected chi connectivity index (χ2v) is 3.24. The first-order valence-electron chi connectivity index (χ1n) is 4.04. The summed E-state index contributed by atoms with van der Waals surface area (Å²) in [5, 5.41) is 0. The lowest BCUT2D eigenvalue weighted by Crippen LogP contribution is -2.19. The molecule has 1 fully saturated rings. The predicted octanol–water partition coefficient (Wildman–Crippen LogP) is 1.04. The minimum Gasteiger partial charge on any atom is -0.495 e. The molecule has 1 aliphatic rings. The topological polar surface area (TPSA) is 48.1 Å². The Morgan fingerprint density at radius 1 is 1.50 bits per heavy atom. The monoisotopic (exact) mass is 164 g/mol. The molecule has 0 bridgehead atoms. The molecule has 1 heterocycles. The summed E-state index contributed by atoms with van der Waals surface area (Å²) >= 11 is 0. The molecule has 1 aromatic heterocycles. The van der Waals surface area contributed by atoms with Gasteiger partial charge in [0.05, 0.1) is 24.5 Å². The van der Waals surface area contributed by atoms with Crippen LogP contribution in [0.5, 0.6) is 5.75 Å². The molecular weight excluding hydrogens is 152 g/mol. The van der Waals surface area contributed by atoms with Gasteiger partial charge in [-0.3, -0.25) is 4.98 Å². The zero-order chi connectivity index (χ0) is 8.60. The van der Waals surface area contributed by atoms with Crippen LogP contribution >= 0.6 is 0 Å². The van der Waals surface area contributed by atoms with Crippen LogP contribution in [0.3, 0.4) is 0 Å². The van der Waals surface area contributed by atoms with Crippen molar-refractivity contribution in [1.82, 2.24) is 4.98 Å². The largest absolute Gasteiger partial charge is 0.495 e. The number of hydrogen-bond donors (Lipinski definition) is 1. The van der Waals surface area contributed by atoms with Gasteiger partial charge in [0.15, 0.2) is 0 Å². The van der Waals surface area contributed by atoms with E-state index in [0.717, 1.165) is 24.3 Å². The molecule has 1 aliphatic carbocycles. The van der Waals surface area contributed by atoms with Gasteiger partial charge in [0.2, 0.25) is 0 Å². The third-order valence-electron chi connectivity index (χ3n) is 2.27. The smallest absolute Gasteiger partial charge is 0.137 e. The van der Waals surface area contributed by atoms with Gasteiger partial charge in [0.1, 0.15) is 5.75 Å². The van der Waals surface area contributed by atoms with Crippen molar-refractivity contribution >= 4 is 0 Å². The standard InChI is InChI=1S/C9H12N2O/c1-12-7-2-3-8(11-6-7)9(10)4-5-9/h2-3,6H,4-5,10H2,1H3. The Kier molecular flexibility index (Phi) is 1.54. The fourth-order valence-corrected chi connectivity index (χ4v) is 1.19. The molecule has 0 aromatic carbocycles. The molecule has 3 nitrogen and oxygen atoms in total. The molecule has 2 rings (SSSR count). The average molecular weight is 164 g/mol. The van der Waals surface area contributed by atoms with E-state index in [4.69, 9.17) is 10.5 Å². The molecule has 0 spiro atoms. The Labute approximate surface area is 71.6 Å². The number of rotatable bonds is 2. The highest BCUT2D eigenvalue weighted by Crippen LogP contribution is 2.41. The maximum Gasteiger partial charge on any atom is 0.137 e. The van der Waals surface area contributed by atoms with Crippen LogP contribution in [-0.4, -0.2) is 12.1 Å². The summed E-state index contributed by atoms with van der Waals surface area (Å²) in [7, 11) is 1.63. The molecule has 1 saturated carbocycles. The zero-order valence-electron chi connectivity index (χ0n) is 7.08. The Morgan fingerprint density at radius 3 is 2.67 bits per heavy atom. The average Bonchev–Trinajstić information content (AvgIpc) is 2.85. The van der Waals surface area contributed by atoms with E-state index in [1.54, 1.807) is 13.3 Å². The minimum atomic E-state index is -0.133. The van der Waals surface area contributed by atoms with Crippen molar-refractivity contribution in [3.05, 3.63) is 24.0 Å². The van der Waals surface area contributed by atoms with E-state index >= 15 is 0 Å². The maximum atomic E-state index is 5.96. The van der Waals surface area contributed by atoms with Crippen LogP contribution in [0.2, 0.25) is 0 Å². The molecule has 64 valence electrons. The van der Waals surface area contributed by atoms with Gasteiger partial charge in [0.25, 0.3) is 0 Å². The van der Waals surface area contributed by atoms with Crippen molar-refractivity contribution < 1.29 is 4.74 Å². The first-order valence-corrected chi connectivity index (χ1v) is 4.04. The molecule has 12 heavy (non-hydrogen) atoms. The van der Waals surface area contributed by atoms with E-state index in [1.165, 1.54) is 0 Å². The molecular formula is C9H12N2O. The summed E-state index contributed by atoms with van der Waals surface area (Å²) in [5.74, 6) is 0.781. The highest BCUT2D eigenvalue weighted by molar-refractivity contribution is 5.27. The molecule has 2 N–H and O–H groups in total. The Hall–Kier alpha value is -1.09. The third-order valence-corrected chi connectivity index (χ3v) is 2.27. The van der Waals surface area contributed by atoms with Gasteiger partial charge in [-0.2, -0.15) is 0 Å². The molecule has 0 atom stereocenters. The number of ether oxygens (including phenoxy) is 1. The molecule has 0 saturated heterocycles. The van der Waals surface area contributed by atoms with Crippen molar-refractivity contribution in [3.63, 3.8) is 0 Å². The van der Waals surface area contributed by atoms with E-state index < -0.39 is 0 Å². The van der Waals surface area contributed by atoms with E-state index in [1.807, 2.05) is 12.1 Å². The van der Waals surface area contributed by atoms with Gasteiger partial charge in [-0.1, -0.05) is 0 Å². The summed E-state index contributed by atoms with van der Waals surface area (Å²) in [6, 6.07) is 3.83. The Morgan fingerprint density at radius 2 is 2.25 bits per heavy atom. The lowest BCUT2D eigenvalue weighted by atomic mass is 10.2. The van der Waals surface area contributed by atoms with Crippen LogP contribution in [0.25, 0.3) is 0 Å². The number of nitrogens with two attached hydrogens (primary N) is 1. The number of aromatic nitrogens is 1. The fourth-order valence-electron chi connectivity index (χ4n) is 1.19. The first kappa shape index (κ1) is 7.55. The second-order valence-electron chi connectivity index (χ2n) is 3.24. The van der Waals surface area contributed by atoms with Gasteiger partial charge >= 0.3 is 0 Å². The molecule has 0 aliphatic heterocycles. The number of hydrogen-bond acceptors (Lipinski definition) is 3. The third kappa shape index (κ3) is 1.16. The number of nitrogens with zero attached hydrogens (tertiary/aromatic N) is 1. The first-order chi connectivity index (χ1) is 5.74. The van der Waals surface area contributed by atoms with Crippen molar-refractivity contribution in [3.8, 4) is 5.75 Å². The number of methoxy groups -OCH3 is 1. The van der Waals surface area contributed by atoms with Crippen LogP contribution in [0.4, 0.5) is 0 Å². The second kappa shape index (κ2) is 2.45. The van der Waals surface area contributed by atoms with Crippen molar-refractivity contribution in [1.29, 1.82) is 0 Å². The van der Waals surface area contributed by atoms with E-state index in [9.17, 15) is 0 Å². The molecule has 0 unspecified atom stereocenters. The lowest BCUT2D eigenvalue weighted by Gasteiger charge is -2.07. The molecule has 0 radical (unpaired) electrons. The van der Waals surface area contributed by atoms with Crippen molar-refractivity contribution in [2.24, 2.45) is 5.73 Å². The Bertz CT molecular complexity index is 277. The summed E-state index contributed by atoms with van der Waals surface area (Å²) in [6.07, 6.45) is 3.81. The van der Waals surface area contributed by atoms with Crippen LogP contribution in [0, 0.1) is 0 Å². The zero-order valence-corrected chi connectivity index (χ0v) is 7.08. The quantitative estimate of drug-likeness (QED) is 0.710.